The van der Waals surface area contributed by atoms with Crippen molar-refractivity contribution in [3.05, 3.63) is 0 Å². The molecule has 1 heterocycles. The highest BCUT2D eigenvalue weighted by Gasteiger charge is 2.29. The predicted molar refractivity (Wildman–Crippen MR) is 91.5 cm³/mol. The van der Waals surface area contributed by atoms with Crippen LogP contribution in [0.15, 0.2) is 0 Å². The summed E-state index contributed by atoms with van der Waals surface area (Å²) in [6.45, 7) is 7.57. The van der Waals surface area contributed by atoms with Gasteiger partial charge in [0.2, 0.25) is 11.8 Å². The van der Waals surface area contributed by atoms with Crippen LogP contribution >= 0.6 is 0 Å². The lowest BCUT2D eigenvalue weighted by molar-refractivity contribution is -0.137. The van der Waals surface area contributed by atoms with Gasteiger partial charge in [-0.25, -0.2) is 4.79 Å². The highest BCUT2D eigenvalue weighted by atomic mass is 16.6. The molecule has 0 aromatic rings. The van der Waals surface area contributed by atoms with Gasteiger partial charge in [0.05, 0.1) is 13.2 Å². The SMILES string of the molecule is CCCCCNC(=O)CN(C(C)=O)C1CCN(C(=O)OCC)CC1. The Morgan fingerprint density at radius 1 is 1.17 bits per heavy atom. The van der Waals surface area contributed by atoms with Crippen molar-refractivity contribution in [2.24, 2.45) is 0 Å². The summed E-state index contributed by atoms with van der Waals surface area (Å²) in [5, 5.41) is 2.87. The number of piperidine rings is 1. The van der Waals surface area contributed by atoms with Crippen LogP contribution in [-0.4, -0.2) is 66.5 Å². The maximum absolute atomic E-state index is 12.0. The summed E-state index contributed by atoms with van der Waals surface area (Å²) >= 11 is 0. The quantitative estimate of drug-likeness (QED) is 0.682. The third-order valence-corrected chi connectivity index (χ3v) is 4.25. The van der Waals surface area contributed by atoms with E-state index in [4.69, 9.17) is 4.74 Å². The molecular weight excluding hydrogens is 310 g/mol. The largest absolute Gasteiger partial charge is 0.450 e. The maximum Gasteiger partial charge on any atom is 0.409 e. The first kappa shape index (κ1) is 20.3. The molecule has 0 bridgehead atoms. The zero-order valence-electron chi connectivity index (χ0n) is 15.2. The number of hydrogen-bond acceptors (Lipinski definition) is 4. The van der Waals surface area contributed by atoms with E-state index in [9.17, 15) is 14.4 Å². The van der Waals surface area contributed by atoms with Crippen molar-refractivity contribution in [2.75, 3.05) is 32.8 Å². The van der Waals surface area contributed by atoms with Crippen molar-refractivity contribution >= 4 is 17.9 Å². The van der Waals surface area contributed by atoms with E-state index >= 15 is 0 Å². The van der Waals surface area contributed by atoms with E-state index in [1.54, 1.807) is 16.7 Å². The summed E-state index contributed by atoms with van der Waals surface area (Å²) in [6.07, 6.45) is 4.18. The fourth-order valence-corrected chi connectivity index (χ4v) is 2.89. The monoisotopic (exact) mass is 341 g/mol. The second-order valence-corrected chi connectivity index (χ2v) is 6.12. The van der Waals surface area contributed by atoms with Gasteiger partial charge in [-0.2, -0.15) is 0 Å². The number of nitrogens with zero attached hydrogens (tertiary/aromatic N) is 2. The zero-order valence-corrected chi connectivity index (χ0v) is 15.2. The molecule has 1 saturated heterocycles. The molecule has 1 N–H and O–H groups in total. The topological polar surface area (TPSA) is 79.0 Å². The molecule has 0 radical (unpaired) electrons. The van der Waals surface area contributed by atoms with Crippen LogP contribution in [0.4, 0.5) is 4.79 Å². The number of rotatable bonds is 8. The fraction of sp³-hybridized carbons (Fsp3) is 0.824. The Morgan fingerprint density at radius 2 is 1.83 bits per heavy atom. The lowest BCUT2D eigenvalue weighted by Gasteiger charge is -2.37. The Kier molecular flexibility index (Phi) is 9.19. The van der Waals surface area contributed by atoms with Crippen LogP contribution < -0.4 is 5.32 Å². The van der Waals surface area contributed by atoms with E-state index in [2.05, 4.69) is 12.2 Å². The van der Waals surface area contributed by atoms with Gasteiger partial charge in [-0.3, -0.25) is 9.59 Å². The van der Waals surface area contributed by atoms with E-state index in [-0.39, 0.29) is 30.5 Å². The first-order valence-corrected chi connectivity index (χ1v) is 8.95. The normalized spacial score (nSPS) is 15.0. The van der Waals surface area contributed by atoms with Gasteiger partial charge in [-0.15, -0.1) is 0 Å². The second-order valence-electron chi connectivity index (χ2n) is 6.12. The van der Waals surface area contributed by atoms with Crippen LogP contribution in [0.5, 0.6) is 0 Å². The lowest BCUT2D eigenvalue weighted by Crippen LogP contribution is -2.51. The summed E-state index contributed by atoms with van der Waals surface area (Å²) in [5.74, 6) is -0.220. The van der Waals surface area contributed by atoms with Crippen molar-refractivity contribution in [1.29, 1.82) is 0 Å². The predicted octanol–water partition coefficient (Wildman–Crippen LogP) is 1.76. The summed E-state index contributed by atoms with van der Waals surface area (Å²) in [4.78, 5) is 38.9. The van der Waals surface area contributed by atoms with E-state index in [0.29, 0.717) is 39.1 Å². The molecule has 0 aromatic carbocycles. The average Bonchev–Trinajstić information content (AvgIpc) is 2.57. The van der Waals surface area contributed by atoms with E-state index in [1.807, 2.05) is 0 Å². The molecule has 3 amide bonds. The van der Waals surface area contributed by atoms with Crippen LogP contribution in [0, 0.1) is 0 Å². The Balaban J connectivity index is 2.44. The third kappa shape index (κ3) is 6.76. The Bertz CT molecular complexity index is 420. The number of hydrogen-bond donors (Lipinski definition) is 1. The molecule has 0 atom stereocenters. The second kappa shape index (κ2) is 10.9. The van der Waals surface area contributed by atoms with Crippen molar-refractivity contribution < 1.29 is 19.1 Å². The minimum atomic E-state index is -0.306. The third-order valence-electron chi connectivity index (χ3n) is 4.25. The summed E-state index contributed by atoms with van der Waals surface area (Å²) in [6, 6.07) is -0.00503. The smallest absolute Gasteiger partial charge is 0.409 e. The van der Waals surface area contributed by atoms with Crippen LogP contribution in [-0.2, 0) is 14.3 Å². The number of carbonyl (C=O) groups is 3. The molecule has 1 fully saturated rings. The lowest BCUT2D eigenvalue weighted by atomic mass is 10.0. The molecule has 0 aliphatic carbocycles. The minimum Gasteiger partial charge on any atom is -0.450 e. The first-order chi connectivity index (χ1) is 11.5. The number of carbonyl (C=O) groups excluding carboxylic acids is 3. The number of ether oxygens (including phenoxy) is 1. The zero-order chi connectivity index (χ0) is 17.9. The van der Waals surface area contributed by atoms with E-state index < -0.39 is 0 Å². The van der Waals surface area contributed by atoms with E-state index in [1.165, 1.54) is 6.92 Å². The van der Waals surface area contributed by atoms with Crippen LogP contribution in [0.3, 0.4) is 0 Å². The molecule has 0 aromatic heterocycles. The summed E-state index contributed by atoms with van der Waals surface area (Å²) < 4.78 is 5.00. The molecule has 0 saturated carbocycles. The number of amides is 3. The fourth-order valence-electron chi connectivity index (χ4n) is 2.89. The van der Waals surface area contributed by atoms with Gasteiger partial charge in [0.1, 0.15) is 0 Å². The molecule has 0 spiro atoms. The van der Waals surface area contributed by atoms with Crippen LogP contribution in [0.25, 0.3) is 0 Å². The molecule has 1 aliphatic heterocycles. The van der Waals surface area contributed by atoms with Gasteiger partial charge in [-0.05, 0) is 26.2 Å². The first-order valence-electron chi connectivity index (χ1n) is 8.95. The molecule has 24 heavy (non-hydrogen) atoms. The van der Waals surface area contributed by atoms with Crippen molar-refractivity contribution in [2.45, 2.75) is 58.9 Å². The minimum absolute atomic E-state index is 0.00503. The molecule has 1 aliphatic rings. The van der Waals surface area contributed by atoms with Gasteiger partial charge in [0, 0.05) is 32.6 Å². The van der Waals surface area contributed by atoms with Crippen molar-refractivity contribution in [3.63, 3.8) is 0 Å². The number of likely N-dealkylation sites (tertiary alicyclic amines) is 1. The van der Waals surface area contributed by atoms with Crippen LogP contribution in [0.1, 0.15) is 52.9 Å². The van der Waals surface area contributed by atoms with Gasteiger partial charge in [0.25, 0.3) is 0 Å². The van der Waals surface area contributed by atoms with Crippen molar-refractivity contribution in [1.82, 2.24) is 15.1 Å². The Morgan fingerprint density at radius 3 is 2.38 bits per heavy atom. The highest BCUT2D eigenvalue weighted by molar-refractivity contribution is 5.84. The maximum atomic E-state index is 12.0. The van der Waals surface area contributed by atoms with Gasteiger partial charge >= 0.3 is 6.09 Å². The molecule has 1 rings (SSSR count). The van der Waals surface area contributed by atoms with Gasteiger partial charge in [0.15, 0.2) is 0 Å². The Labute approximate surface area is 144 Å². The summed E-state index contributed by atoms with van der Waals surface area (Å²) in [7, 11) is 0. The van der Waals surface area contributed by atoms with Gasteiger partial charge in [-0.1, -0.05) is 19.8 Å². The number of nitrogens with one attached hydrogen (secondary N) is 1. The molecule has 7 heteroatoms. The number of unbranched alkanes of at least 4 members (excludes halogenated alkanes) is 2. The van der Waals surface area contributed by atoms with E-state index in [0.717, 1.165) is 19.3 Å². The average molecular weight is 341 g/mol. The summed E-state index contributed by atoms with van der Waals surface area (Å²) in [5.41, 5.74) is 0. The van der Waals surface area contributed by atoms with Crippen LogP contribution in [0.2, 0.25) is 0 Å². The highest BCUT2D eigenvalue weighted by Crippen LogP contribution is 2.17. The standard InChI is InChI=1S/C17H31N3O4/c1-4-6-7-10-18-16(22)13-20(14(3)21)15-8-11-19(12-9-15)17(23)24-5-2/h15H,4-13H2,1-3H3,(H,18,22). The molecule has 7 nitrogen and oxygen atoms in total. The molecule has 0 unspecified atom stereocenters. The van der Waals surface area contributed by atoms with Gasteiger partial charge < -0.3 is 19.9 Å². The molecular formula is C17H31N3O4. The Hall–Kier alpha value is -1.79. The van der Waals surface area contributed by atoms with Crippen molar-refractivity contribution in [3.8, 4) is 0 Å². The molecule has 138 valence electrons.